The van der Waals surface area contributed by atoms with Crippen molar-refractivity contribution in [2.24, 2.45) is 0 Å². The van der Waals surface area contributed by atoms with Crippen molar-refractivity contribution in [2.75, 3.05) is 17.7 Å². The molecule has 0 bridgehead atoms. The average Bonchev–Trinajstić information content (AvgIpc) is 3.49. The molecule has 1 aliphatic rings. The molecule has 6 rings (SSSR count). The van der Waals surface area contributed by atoms with Crippen LogP contribution in [0.4, 0.5) is 11.6 Å². The van der Waals surface area contributed by atoms with Gasteiger partial charge in [0.05, 0.1) is 18.4 Å². The average molecular weight is 759 g/mol. The van der Waals surface area contributed by atoms with Crippen molar-refractivity contribution in [3.05, 3.63) is 134 Å². The van der Waals surface area contributed by atoms with E-state index in [4.69, 9.17) is 31.2 Å². The number of amides is 1. The summed E-state index contributed by atoms with van der Waals surface area (Å²) in [6.45, 7) is 8.80. The lowest BCUT2D eigenvalue weighted by Gasteiger charge is -2.30. The lowest BCUT2D eigenvalue weighted by atomic mass is 9.87. The number of anilines is 2. The molecule has 0 fully saturated rings. The molecular weight excluding hydrogens is 722 g/mol. The second kappa shape index (κ2) is 14.7. The number of para-hydroxylation sites is 2. The van der Waals surface area contributed by atoms with Gasteiger partial charge in [-0.2, -0.15) is 4.98 Å². The van der Waals surface area contributed by atoms with Crippen LogP contribution in [-0.4, -0.2) is 27.8 Å². The molecule has 0 aliphatic carbocycles. The van der Waals surface area contributed by atoms with Crippen LogP contribution in [0.15, 0.2) is 112 Å². The van der Waals surface area contributed by atoms with Gasteiger partial charge in [0.25, 0.3) is 5.91 Å². The number of halogens is 2. The van der Waals surface area contributed by atoms with Crippen LogP contribution in [0.25, 0.3) is 0 Å². The van der Waals surface area contributed by atoms with Gasteiger partial charge in [-0.05, 0) is 65.4 Å². The standard InChI is InChI=1S/C38H37BrClN5O3S/c1-23-33(35(46)42-30-12-8-9-13-32(30)47-5)34(45-36(41-23)43-37(44-45)49-22-25-10-6-7-11-29(25)40)28-20-27(39)18-19-31(28)48-21-24-14-16-26(17-15-24)38(2,3)4/h6-20,34H,21-22H2,1-5H3,(H,42,46)(H,41,43,44). The van der Waals surface area contributed by atoms with Gasteiger partial charge < -0.3 is 20.1 Å². The zero-order chi connectivity index (χ0) is 34.7. The Morgan fingerprint density at radius 3 is 2.49 bits per heavy atom. The fourth-order valence-electron chi connectivity index (χ4n) is 5.60. The molecule has 0 saturated heterocycles. The zero-order valence-corrected chi connectivity index (χ0v) is 31.0. The Kier molecular flexibility index (Phi) is 10.4. The summed E-state index contributed by atoms with van der Waals surface area (Å²) < 4.78 is 14.6. The van der Waals surface area contributed by atoms with Crippen LogP contribution < -0.4 is 20.1 Å². The zero-order valence-electron chi connectivity index (χ0n) is 27.9. The molecule has 0 radical (unpaired) electrons. The Morgan fingerprint density at radius 2 is 1.76 bits per heavy atom. The summed E-state index contributed by atoms with van der Waals surface area (Å²) >= 11 is 11.6. The first-order chi connectivity index (χ1) is 23.5. The molecule has 49 heavy (non-hydrogen) atoms. The minimum atomic E-state index is -0.677. The molecule has 252 valence electrons. The second-order valence-electron chi connectivity index (χ2n) is 12.7. The summed E-state index contributed by atoms with van der Waals surface area (Å²) in [7, 11) is 1.58. The third-order valence-corrected chi connectivity index (χ3v) is 9.98. The predicted octanol–water partition coefficient (Wildman–Crippen LogP) is 9.80. The monoisotopic (exact) mass is 757 g/mol. The molecule has 0 spiro atoms. The van der Waals surface area contributed by atoms with E-state index < -0.39 is 6.04 Å². The Balaban J connectivity index is 1.38. The molecule has 1 unspecified atom stereocenters. The maximum absolute atomic E-state index is 14.3. The van der Waals surface area contributed by atoms with Gasteiger partial charge >= 0.3 is 0 Å². The number of benzene rings is 4. The normalized spacial score (nSPS) is 14.2. The number of aromatic nitrogens is 3. The van der Waals surface area contributed by atoms with Crippen molar-refractivity contribution in [3.63, 3.8) is 0 Å². The number of allylic oxidation sites excluding steroid dienone is 1. The van der Waals surface area contributed by atoms with E-state index in [0.29, 0.717) is 56.9 Å². The number of nitrogens with zero attached hydrogens (tertiary/aromatic N) is 3. The van der Waals surface area contributed by atoms with Gasteiger partial charge in [-0.3, -0.25) is 4.79 Å². The molecule has 0 saturated carbocycles. The summed E-state index contributed by atoms with van der Waals surface area (Å²) in [6, 6.07) is 28.7. The van der Waals surface area contributed by atoms with Gasteiger partial charge in [0.15, 0.2) is 0 Å². The molecule has 1 aliphatic heterocycles. The molecule has 2 heterocycles. The van der Waals surface area contributed by atoms with Crippen LogP contribution in [0, 0.1) is 0 Å². The number of thioether (sulfide) groups is 1. The fraction of sp³-hybridized carbons (Fsp3) is 0.237. The highest BCUT2D eigenvalue weighted by Gasteiger charge is 2.36. The summed E-state index contributed by atoms with van der Waals surface area (Å²) in [4.78, 5) is 19.1. The van der Waals surface area contributed by atoms with E-state index in [9.17, 15) is 4.79 Å². The van der Waals surface area contributed by atoms with E-state index in [-0.39, 0.29) is 11.3 Å². The van der Waals surface area contributed by atoms with Crippen molar-refractivity contribution >= 4 is 56.8 Å². The number of rotatable bonds is 10. The first kappa shape index (κ1) is 34.6. The molecule has 1 atom stereocenters. The largest absolute Gasteiger partial charge is 0.495 e. The number of carbonyl (C=O) groups excluding carboxylic acids is 1. The van der Waals surface area contributed by atoms with E-state index in [0.717, 1.165) is 21.2 Å². The number of ether oxygens (including phenoxy) is 2. The van der Waals surface area contributed by atoms with Gasteiger partial charge in [0, 0.05) is 26.5 Å². The first-order valence-electron chi connectivity index (χ1n) is 15.8. The Morgan fingerprint density at radius 1 is 1.02 bits per heavy atom. The third kappa shape index (κ3) is 7.82. The number of hydrogen-bond acceptors (Lipinski definition) is 7. The summed E-state index contributed by atoms with van der Waals surface area (Å²) in [5.41, 5.74) is 5.73. The third-order valence-electron chi connectivity index (χ3n) is 8.23. The van der Waals surface area contributed by atoms with Crippen molar-refractivity contribution in [2.45, 2.75) is 56.7 Å². The number of fused-ring (bicyclic) bond motifs is 1. The molecule has 1 aromatic heterocycles. The van der Waals surface area contributed by atoms with Gasteiger partial charge in [-0.15, -0.1) is 5.10 Å². The molecule has 8 nitrogen and oxygen atoms in total. The minimum absolute atomic E-state index is 0.0538. The smallest absolute Gasteiger partial charge is 0.255 e. The van der Waals surface area contributed by atoms with Gasteiger partial charge in [-0.1, -0.05) is 115 Å². The van der Waals surface area contributed by atoms with Crippen LogP contribution in [-0.2, 0) is 22.6 Å². The molecule has 4 aromatic carbocycles. The van der Waals surface area contributed by atoms with Crippen molar-refractivity contribution < 1.29 is 14.3 Å². The molecule has 5 aromatic rings. The summed E-state index contributed by atoms with van der Waals surface area (Å²) in [6.07, 6.45) is 0. The number of methoxy groups -OCH3 is 1. The topological polar surface area (TPSA) is 90.3 Å². The van der Waals surface area contributed by atoms with E-state index in [1.807, 2.05) is 61.5 Å². The quantitative estimate of drug-likeness (QED) is 0.137. The molecular formula is C38H37BrClN5O3S. The molecule has 11 heteroatoms. The second-order valence-corrected chi connectivity index (χ2v) is 14.9. The van der Waals surface area contributed by atoms with Crippen LogP contribution in [0.5, 0.6) is 11.5 Å². The van der Waals surface area contributed by atoms with Crippen LogP contribution in [0.2, 0.25) is 5.02 Å². The van der Waals surface area contributed by atoms with Gasteiger partial charge in [0.2, 0.25) is 11.1 Å². The van der Waals surface area contributed by atoms with Crippen LogP contribution >= 0.6 is 39.3 Å². The SMILES string of the molecule is COc1ccccc1NC(=O)C1=C(C)Nc2nc(SCc3ccccc3Cl)nn2C1c1cc(Br)ccc1OCc1ccc(C(C)(C)C)cc1. The molecule has 1 amide bonds. The predicted molar refractivity (Wildman–Crippen MR) is 201 cm³/mol. The number of carbonyl (C=O) groups is 1. The minimum Gasteiger partial charge on any atom is -0.495 e. The lowest BCUT2D eigenvalue weighted by molar-refractivity contribution is -0.113. The summed E-state index contributed by atoms with van der Waals surface area (Å²) in [5.74, 6) is 1.96. The van der Waals surface area contributed by atoms with E-state index in [1.54, 1.807) is 23.9 Å². The highest BCUT2D eigenvalue weighted by molar-refractivity contribution is 9.10. The van der Waals surface area contributed by atoms with E-state index >= 15 is 0 Å². The maximum Gasteiger partial charge on any atom is 0.255 e. The molecule has 2 N–H and O–H groups in total. The lowest BCUT2D eigenvalue weighted by Crippen LogP contribution is -2.32. The van der Waals surface area contributed by atoms with Gasteiger partial charge in [-0.25, -0.2) is 4.68 Å². The van der Waals surface area contributed by atoms with Crippen molar-refractivity contribution in [3.8, 4) is 11.5 Å². The van der Waals surface area contributed by atoms with Crippen LogP contribution in [0.3, 0.4) is 0 Å². The Hall–Kier alpha value is -4.25. The Bertz CT molecular complexity index is 2020. The first-order valence-corrected chi connectivity index (χ1v) is 17.9. The Labute approximate surface area is 304 Å². The number of nitrogens with one attached hydrogen (secondary N) is 2. The summed E-state index contributed by atoms with van der Waals surface area (Å²) in [5, 5.41) is 12.6. The van der Waals surface area contributed by atoms with Crippen molar-refractivity contribution in [1.29, 1.82) is 0 Å². The number of hydrogen-bond donors (Lipinski definition) is 2. The van der Waals surface area contributed by atoms with E-state index in [1.165, 1.54) is 17.3 Å². The van der Waals surface area contributed by atoms with Crippen LogP contribution in [0.1, 0.15) is 56.0 Å². The maximum atomic E-state index is 14.3. The highest BCUT2D eigenvalue weighted by atomic mass is 79.9. The van der Waals surface area contributed by atoms with Crippen molar-refractivity contribution in [1.82, 2.24) is 14.8 Å². The van der Waals surface area contributed by atoms with Gasteiger partial charge in [0.1, 0.15) is 24.1 Å². The van der Waals surface area contributed by atoms with E-state index in [2.05, 4.69) is 71.6 Å². The highest BCUT2D eigenvalue weighted by Crippen LogP contribution is 2.42. The fourth-order valence-corrected chi connectivity index (χ4v) is 7.09.